The average molecular weight is 289 g/mol. The molecule has 1 N–H and O–H groups in total. The van der Waals surface area contributed by atoms with Crippen molar-refractivity contribution in [3.63, 3.8) is 0 Å². The van der Waals surface area contributed by atoms with Crippen LogP contribution in [0.5, 0.6) is 5.75 Å². The molecule has 1 saturated carbocycles. The van der Waals surface area contributed by atoms with E-state index in [2.05, 4.69) is 51.2 Å². The molecule has 2 rings (SSSR count). The summed E-state index contributed by atoms with van der Waals surface area (Å²) >= 11 is 0. The van der Waals surface area contributed by atoms with Gasteiger partial charge in [-0.3, -0.25) is 0 Å². The van der Waals surface area contributed by atoms with Gasteiger partial charge in [-0.05, 0) is 36.0 Å². The van der Waals surface area contributed by atoms with Gasteiger partial charge in [-0.1, -0.05) is 52.7 Å². The Balaban J connectivity index is 2.25. The van der Waals surface area contributed by atoms with Crippen molar-refractivity contribution < 1.29 is 4.74 Å². The van der Waals surface area contributed by atoms with E-state index in [1.807, 2.05) is 6.07 Å². The van der Waals surface area contributed by atoms with E-state index in [0.717, 1.165) is 12.3 Å². The Hall–Kier alpha value is -1.02. The van der Waals surface area contributed by atoms with Crippen LogP contribution in [0, 0.1) is 5.41 Å². The molecule has 118 valence electrons. The Morgan fingerprint density at radius 3 is 2.38 bits per heavy atom. The molecule has 1 aliphatic carbocycles. The second kappa shape index (κ2) is 6.39. The molecule has 1 aliphatic rings. The van der Waals surface area contributed by atoms with Crippen LogP contribution in [0.4, 0.5) is 0 Å². The number of benzene rings is 1. The first kappa shape index (κ1) is 16.4. The number of rotatable bonds is 7. The fraction of sp³-hybridized carbons (Fsp3) is 0.684. The van der Waals surface area contributed by atoms with Crippen molar-refractivity contribution in [2.45, 2.75) is 64.8 Å². The highest BCUT2D eigenvalue weighted by Crippen LogP contribution is 2.59. The molecule has 2 heteroatoms. The summed E-state index contributed by atoms with van der Waals surface area (Å²) in [5.74, 6) is 0.974. The zero-order valence-corrected chi connectivity index (χ0v) is 14.3. The van der Waals surface area contributed by atoms with E-state index >= 15 is 0 Å². The molecular weight excluding hydrogens is 258 g/mol. The van der Waals surface area contributed by atoms with Crippen molar-refractivity contribution in [3.8, 4) is 5.75 Å². The third-order valence-electron chi connectivity index (χ3n) is 5.46. The SMILES string of the molecule is CCC1(CC)CC(CNC(C)C)(c2cccc(OC)c2)C1. The second-order valence-corrected chi connectivity index (χ2v) is 7.11. The molecule has 0 saturated heterocycles. The Bertz CT molecular complexity index is 454. The summed E-state index contributed by atoms with van der Waals surface area (Å²) in [5.41, 5.74) is 2.26. The Morgan fingerprint density at radius 2 is 1.86 bits per heavy atom. The number of methoxy groups -OCH3 is 1. The maximum Gasteiger partial charge on any atom is 0.119 e. The highest BCUT2D eigenvalue weighted by Gasteiger charge is 2.52. The number of ether oxygens (including phenoxy) is 1. The molecule has 0 heterocycles. The molecule has 0 spiro atoms. The fourth-order valence-electron chi connectivity index (χ4n) is 3.92. The lowest BCUT2D eigenvalue weighted by Crippen LogP contribution is -2.55. The fourth-order valence-corrected chi connectivity index (χ4v) is 3.92. The lowest BCUT2D eigenvalue weighted by Gasteiger charge is -2.57. The smallest absolute Gasteiger partial charge is 0.119 e. The largest absolute Gasteiger partial charge is 0.497 e. The summed E-state index contributed by atoms with van der Waals surface area (Å²) < 4.78 is 5.43. The number of hydrogen-bond acceptors (Lipinski definition) is 2. The lowest BCUT2D eigenvalue weighted by molar-refractivity contribution is 0.0117. The minimum absolute atomic E-state index is 0.283. The molecule has 1 fully saturated rings. The highest BCUT2D eigenvalue weighted by molar-refractivity contribution is 5.37. The third-order valence-corrected chi connectivity index (χ3v) is 5.46. The molecule has 2 nitrogen and oxygen atoms in total. The molecule has 0 unspecified atom stereocenters. The van der Waals surface area contributed by atoms with Crippen LogP contribution in [-0.2, 0) is 5.41 Å². The Morgan fingerprint density at radius 1 is 1.19 bits per heavy atom. The quantitative estimate of drug-likeness (QED) is 0.796. The van der Waals surface area contributed by atoms with Gasteiger partial charge >= 0.3 is 0 Å². The van der Waals surface area contributed by atoms with Crippen LogP contribution >= 0.6 is 0 Å². The third kappa shape index (κ3) is 3.26. The topological polar surface area (TPSA) is 21.3 Å². The van der Waals surface area contributed by atoms with Gasteiger partial charge in [0.2, 0.25) is 0 Å². The van der Waals surface area contributed by atoms with Crippen LogP contribution < -0.4 is 10.1 Å². The van der Waals surface area contributed by atoms with Crippen LogP contribution in [-0.4, -0.2) is 19.7 Å². The number of nitrogens with one attached hydrogen (secondary N) is 1. The molecule has 0 amide bonds. The first-order valence-electron chi connectivity index (χ1n) is 8.37. The van der Waals surface area contributed by atoms with E-state index in [4.69, 9.17) is 4.74 Å². The van der Waals surface area contributed by atoms with E-state index in [1.54, 1.807) is 7.11 Å². The lowest BCUT2D eigenvalue weighted by atomic mass is 9.48. The standard InChI is InChI=1S/C19H31NO/c1-6-18(7-2)12-19(13-18,14-20-15(3)4)16-9-8-10-17(11-16)21-5/h8-11,15,20H,6-7,12-14H2,1-5H3. The predicted molar refractivity (Wildman–Crippen MR) is 90.1 cm³/mol. The van der Waals surface area contributed by atoms with E-state index in [9.17, 15) is 0 Å². The van der Waals surface area contributed by atoms with Gasteiger partial charge in [0.25, 0.3) is 0 Å². The minimum Gasteiger partial charge on any atom is -0.497 e. The normalized spacial score (nSPS) is 19.3. The molecule has 0 bridgehead atoms. The maximum atomic E-state index is 5.43. The average Bonchev–Trinajstić information content (AvgIpc) is 2.47. The van der Waals surface area contributed by atoms with E-state index in [1.165, 1.54) is 31.2 Å². The van der Waals surface area contributed by atoms with Gasteiger partial charge in [0.05, 0.1) is 7.11 Å². The summed E-state index contributed by atoms with van der Waals surface area (Å²) in [5, 5.41) is 3.67. The summed E-state index contributed by atoms with van der Waals surface area (Å²) in [6, 6.07) is 9.21. The second-order valence-electron chi connectivity index (χ2n) is 7.11. The molecule has 1 aromatic rings. The van der Waals surface area contributed by atoms with Crippen LogP contribution in [0.1, 0.15) is 58.9 Å². The molecule has 1 aromatic carbocycles. The van der Waals surface area contributed by atoms with Gasteiger partial charge in [0.15, 0.2) is 0 Å². The Kier molecular flexibility index (Phi) is 4.98. The summed E-state index contributed by atoms with van der Waals surface area (Å²) in [4.78, 5) is 0. The van der Waals surface area contributed by atoms with Crippen molar-refractivity contribution in [1.29, 1.82) is 0 Å². The van der Waals surface area contributed by atoms with Crippen molar-refractivity contribution >= 4 is 0 Å². The van der Waals surface area contributed by atoms with Crippen LogP contribution in [0.2, 0.25) is 0 Å². The van der Waals surface area contributed by atoms with Crippen LogP contribution in [0.25, 0.3) is 0 Å². The van der Waals surface area contributed by atoms with E-state index in [-0.39, 0.29) is 5.41 Å². The van der Waals surface area contributed by atoms with Crippen LogP contribution in [0.15, 0.2) is 24.3 Å². The maximum absolute atomic E-state index is 5.43. The van der Waals surface area contributed by atoms with Crippen LogP contribution in [0.3, 0.4) is 0 Å². The Labute approximate surface area is 130 Å². The zero-order chi connectivity index (χ0) is 15.5. The van der Waals surface area contributed by atoms with E-state index < -0.39 is 0 Å². The molecule has 0 aliphatic heterocycles. The van der Waals surface area contributed by atoms with Gasteiger partial charge in [-0.25, -0.2) is 0 Å². The van der Waals surface area contributed by atoms with Gasteiger partial charge in [0, 0.05) is 18.0 Å². The van der Waals surface area contributed by atoms with Gasteiger partial charge in [-0.2, -0.15) is 0 Å². The number of hydrogen-bond donors (Lipinski definition) is 1. The van der Waals surface area contributed by atoms with E-state index in [0.29, 0.717) is 11.5 Å². The molecule has 0 atom stereocenters. The van der Waals surface area contributed by atoms with Crippen molar-refractivity contribution in [3.05, 3.63) is 29.8 Å². The van der Waals surface area contributed by atoms with Crippen molar-refractivity contribution in [2.75, 3.05) is 13.7 Å². The summed E-state index contributed by atoms with van der Waals surface area (Å²) in [6.45, 7) is 10.2. The first-order chi connectivity index (χ1) is 9.99. The highest BCUT2D eigenvalue weighted by atomic mass is 16.5. The zero-order valence-electron chi connectivity index (χ0n) is 14.3. The van der Waals surface area contributed by atoms with Gasteiger partial charge < -0.3 is 10.1 Å². The van der Waals surface area contributed by atoms with Gasteiger partial charge in [-0.15, -0.1) is 0 Å². The predicted octanol–water partition coefficient (Wildman–Crippen LogP) is 4.53. The molecule has 0 aromatic heterocycles. The molecule has 0 radical (unpaired) electrons. The summed E-state index contributed by atoms with van der Waals surface area (Å²) in [6.07, 6.45) is 5.16. The summed E-state index contributed by atoms with van der Waals surface area (Å²) in [7, 11) is 1.75. The van der Waals surface area contributed by atoms with Gasteiger partial charge in [0.1, 0.15) is 5.75 Å². The first-order valence-corrected chi connectivity index (χ1v) is 8.37. The monoisotopic (exact) mass is 289 g/mol. The molecule has 21 heavy (non-hydrogen) atoms. The van der Waals surface area contributed by atoms with Crippen molar-refractivity contribution in [2.24, 2.45) is 5.41 Å². The van der Waals surface area contributed by atoms with Crippen molar-refractivity contribution in [1.82, 2.24) is 5.32 Å². The molecular formula is C19H31NO. The minimum atomic E-state index is 0.283.